The average molecular weight is 238 g/mol. The maximum Gasteiger partial charge on any atom is 0.308 e. The van der Waals surface area contributed by atoms with Crippen molar-refractivity contribution in [1.29, 1.82) is 0 Å². The number of ether oxygens (including phenoxy) is 1. The minimum Gasteiger partial charge on any atom is -0.465 e. The van der Waals surface area contributed by atoms with Gasteiger partial charge in [0.15, 0.2) is 0 Å². The van der Waals surface area contributed by atoms with Crippen LogP contribution in [0.15, 0.2) is 12.2 Å². The molecule has 2 nitrogen and oxygen atoms in total. The molecule has 0 heterocycles. The Kier molecular flexibility index (Phi) is 4.40. The van der Waals surface area contributed by atoms with Gasteiger partial charge in [-0.15, -0.1) is 0 Å². The molecule has 0 radical (unpaired) electrons. The van der Waals surface area contributed by atoms with E-state index < -0.39 is 0 Å². The number of esters is 1. The second kappa shape index (κ2) is 5.24. The first-order valence-corrected chi connectivity index (χ1v) is 6.62. The number of allylic oxidation sites excluding steroid dienone is 1. The molecule has 3 atom stereocenters. The zero-order valence-electron chi connectivity index (χ0n) is 11.9. The minimum absolute atomic E-state index is 0.0233. The van der Waals surface area contributed by atoms with Crippen molar-refractivity contribution in [3.63, 3.8) is 0 Å². The summed E-state index contributed by atoms with van der Waals surface area (Å²) in [4.78, 5) is 11.6. The van der Waals surface area contributed by atoms with Crippen molar-refractivity contribution in [3.05, 3.63) is 12.2 Å². The van der Waals surface area contributed by atoms with Crippen LogP contribution in [0.3, 0.4) is 0 Å². The van der Waals surface area contributed by atoms with Gasteiger partial charge in [-0.25, -0.2) is 0 Å². The van der Waals surface area contributed by atoms with Crippen LogP contribution in [0.5, 0.6) is 0 Å². The van der Waals surface area contributed by atoms with Crippen LogP contribution in [-0.4, -0.2) is 12.6 Å². The molecule has 0 spiro atoms. The molecular weight excluding hydrogens is 212 g/mol. The molecule has 98 valence electrons. The third-order valence-electron chi connectivity index (χ3n) is 4.51. The molecule has 0 N–H and O–H groups in total. The fourth-order valence-corrected chi connectivity index (χ4v) is 2.63. The lowest BCUT2D eigenvalue weighted by atomic mass is 9.53. The molecule has 1 rings (SSSR count). The summed E-state index contributed by atoms with van der Waals surface area (Å²) in [7, 11) is 0. The van der Waals surface area contributed by atoms with Crippen LogP contribution in [-0.2, 0) is 9.53 Å². The van der Waals surface area contributed by atoms with Crippen molar-refractivity contribution < 1.29 is 9.53 Å². The maximum absolute atomic E-state index is 11.6. The zero-order valence-corrected chi connectivity index (χ0v) is 11.9. The summed E-state index contributed by atoms with van der Waals surface area (Å²) in [5, 5.41) is 0. The summed E-state index contributed by atoms with van der Waals surface area (Å²) in [5.41, 5.74) is 1.47. The molecule has 1 aliphatic rings. The molecule has 1 aliphatic carbocycles. The highest BCUT2D eigenvalue weighted by atomic mass is 16.5. The molecule has 2 heteroatoms. The van der Waals surface area contributed by atoms with Gasteiger partial charge in [0.25, 0.3) is 0 Å². The van der Waals surface area contributed by atoms with Crippen molar-refractivity contribution in [2.45, 2.75) is 47.5 Å². The molecule has 0 aromatic rings. The van der Waals surface area contributed by atoms with E-state index in [9.17, 15) is 4.79 Å². The van der Waals surface area contributed by atoms with Gasteiger partial charge in [-0.2, -0.15) is 0 Å². The van der Waals surface area contributed by atoms with E-state index in [0.717, 1.165) is 12.8 Å². The van der Waals surface area contributed by atoms with Gasteiger partial charge in [0.1, 0.15) is 0 Å². The predicted octanol–water partition coefficient (Wildman–Crippen LogP) is 3.81. The monoisotopic (exact) mass is 238 g/mol. The number of carbonyl (C=O) groups is 1. The van der Waals surface area contributed by atoms with E-state index in [0.29, 0.717) is 18.4 Å². The van der Waals surface area contributed by atoms with Crippen molar-refractivity contribution in [1.82, 2.24) is 0 Å². The minimum atomic E-state index is -0.0536. The van der Waals surface area contributed by atoms with Crippen LogP contribution in [0.1, 0.15) is 47.5 Å². The predicted molar refractivity (Wildman–Crippen MR) is 70.6 cm³/mol. The second-order valence-electron chi connectivity index (χ2n) is 6.09. The Morgan fingerprint density at radius 2 is 2.12 bits per heavy atom. The van der Waals surface area contributed by atoms with Crippen molar-refractivity contribution in [3.8, 4) is 0 Å². The van der Waals surface area contributed by atoms with Crippen LogP contribution < -0.4 is 0 Å². The van der Waals surface area contributed by atoms with Crippen molar-refractivity contribution >= 4 is 5.97 Å². The molecule has 0 amide bonds. The molecule has 1 saturated carbocycles. The standard InChI is InChI=1S/C15H26O2/c1-7-11(4)14(16)17-9-12-8-13(10(2)3)15(12,5)6/h11-13H,2,7-9H2,1,3-6H3. The highest BCUT2D eigenvalue weighted by Crippen LogP contribution is 2.54. The first-order valence-electron chi connectivity index (χ1n) is 6.62. The number of carbonyl (C=O) groups excluding carboxylic acids is 1. The van der Waals surface area contributed by atoms with Crippen LogP contribution >= 0.6 is 0 Å². The molecule has 0 bridgehead atoms. The second-order valence-corrected chi connectivity index (χ2v) is 6.09. The lowest BCUT2D eigenvalue weighted by molar-refractivity contribution is -0.155. The third kappa shape index (κ3) is 2.91. The van der Waals surface area contributed by atoms with Gasteiger partial charge in [0, 0.05) is 0 Å². The molecule has 17 heavy (non-hydrogen) atoms. The number of hydrogen-bond acceptors (Lipinski definition) is 2. The highest BCUT2D eigenvalue weighted by Gasteiger charge is 2.48. The van der Waals surface area contributed by atoms with E-state index in [2.05, 4.69) is 27.4 Å². The molecule has 0 saturated heterocycles. The summed E-state index contributed by atoms with van der Waals surface area (Å²) in [5.74, 6) is 1.03. The van der Waals surface area contributed by atoms with Gasteiger partial charge in [-0.05, 0) is 37.0 Å². The lowest BCUT2D eigenvalue weighted by Crippen LogP contribution is -2.47. The molecule has 0 aliphatic heterocycles. The zero-order chi connectivity index (χ0) is 13.2. The quantitative estimate of drug-likeness (QED) is 0.537. The summed E-state index contributed by atoms with van der Waals surface area (Å²) in [6.45, 7) is 15.1. The van der Waals surface area contributed by atoms with E-state index in [4.69, 9.17) is 4.74 Å². The Hall–Kier alpha value is -0.790. The van der Waals surface area contributed by atoms with E-state index in [1.807, 2.05) is 13.8 Å². The van der Waals surface area contributed by atoms with Crippen LogP contribution in [0.2, 0.25) is 0 Å². The molecule has 3 unspecified atom stereocenters. The first-order chi connectivity index (χ1) is 7.80. The summed E-state index contributed by atoms with van der Waals surface area (Å²) >= 11 is 0. The third-order valence-corrected chi connectivity index (χ3v) is 4.51. The normalized spacial score (nSPS) is 28.1. The topological polar surface area (TPSA) is 26.3 Å². The number of hydrogen-bond donors (Lipinski definition) is 0. The van der Waals surface area contributed by atoms with Crippen LogP contribution in [0.25, 0.3) is 0 Å². The summed E-state index contributed by atoms with van der Waals surface area (Å²) < 4.78 is 5.39. The average Bonchev–Trinajstić information content (AvgIpc) is 2.25. The lowest BCUT2D eigenvalue weighted by Gasteiger charge is -2.52. The molecule has 0 aromatic heterocycles. The molecular formula is C15H26O2. The van der Waals surface area contributed by atoms with Gasteiger partial charge in [0.05, 0.1) is 12.5 Å². The fourth-order valence-electron chi connectivity index (χ4n) is 2.63. The first kappa shape index (κ1) is 14.3. The SMILES string of the molecule is C=C(C)C1CC(COC(=O)C(C)CC)C1(C)C. The highest BCUT2D eigenvalue weighted by molar-refractivity contribution is 5.71. The summed E-state index contributed by atoms with van der Waals surface area (Å²) in [6, 6.07) is 0. The van der Waals surface area contributed by atoms with Gasteiger partial charge in [0.2, 0.25) is 0 Å². The Morgan fingerprint density at radius 3 is 2.53 bits per heavy atom. The number of rotatable bonds is 5. The summed E-state index contributed by atoms with van der Waals surface area (Å²) in [6.07, 6.45) is 1.96. The molecule has 1 fully saturated rings. The van der Waals surface area contributed by atoms with E-state index in [1.54, 1.807) is 0 Å². The Bertz CT molecular complexity index is 304. The van der Waals surface area contributed by atoms with Crippen molar-refractivity contribution in [2.24, 2.45) is 23.2 Å². The van der Waals surface area contributed by atoms with Gasteiger partial charge < -0.3 is 4.74 Å². The largest absolute Gasteiger partial charge is 0.465 e. The van der Waals surface area contributed by atoms with Gasteiger partial charge >= 0.3 is 5.97 Å². The fraction of sp³-hybridized carbons (Fsp3) is 0.800. The van der Waals surface area contributed by atoms with Crippen LogP contribution in [0, 0.1) is 23.2 Å². The van der Waals surface area contributed by atoms with E-state index in [1.165, 1.54) is 5.57 Å². The van der Waals surface area contributed by atoms with Crippen LogP contribution in [0.4, 0.5) is 0 Å². The molecule has 0 aromatic carbocycles. The van der Waals surface area contributed by atoms with E-state index in [-0.39, 0.29) is 17.3 Å². The Morgan fingerprint density at radius 1 is 1.53 bits per heavy atom. The van der Waals surface area contributed by atoms with Crippen molar-refractivity contribution in [2.75, 3.05) is 6.61 Å². The maximum atomic E-state index is 11.6. The van der Waals surface area contributed by atoms with E-state index >= 15 is 0 Å². The smallest absolute Gasteiger partial charge is 0.308 e. The van der Waals surface area contributed by atoms with Gasteiger partial charge in [-0.1, -0.05) is 39.8 Å². The Labute approximate surface area is 105 Å². The van der Waals surface area contributed by atoms with Gasteiger partial charge in [-0.3, -0.25) is 4.79 Å². The Balaban J connectivity index is 2.41.